The van der Waals surface area contributed by atoms with Crippen LogP contribution in [0.4, 0.5) is 11.8 Å². The Bertz CT molecular complexity index is 1420. The Morgan fingerprint density at radius 1 is 1.04 bits per heavy atom. The van der Waals surface area contributed by atoms with E-state index in [2.05, 4.69) is 71.0 Å². The number of aryl methyl sites for hydroxylation is 2. The van der Waals surface area contributed by atoms with Gasteiger partial charge in [0.05, 0.1) is 23.9 Å². The Kier molecular flexibility index (Phi) is 10.0. The molecule has 0 spiro atoms. The van der Waals surface area contributed by atoms with E-state index in [1.54, 1.807) is 0 Å². The van der Waals surface area contributed by atoms with Gasteiger partial charge in [-0.2, -0.15) is 10.1 Å². The molecule has 45 heavy (non-hydrogen) atoms. The van der Waals surface area contributed by atoms with Crippen LogP contribution in [0.25, 0.3) is 0 Å². The number of nitrogens with zero attached hydrogens (tertiary/aromatic N) is 5. The predicted octanol–water partition coefficient (Wildman–Crippen LogP) is 6.59. The zero-order valence-corrected chi connectivity index (χ0v) is 27.3. The molecule has 2 aromatic heterocycles. The maximum absolute atomic E-state index is 11.6. The summed E-state index contributed by atoms with van der Waals surface area (Å²) in [6.45, 7) is 6.59. The molecular formula is C36H51N7O2. The van der Waals surface area contributed by atoms with Gasteiger partial charge in [-0.05, 0) is 95.1 Å². The molecule has 2 aliphatic carbocycles. The van der Waals surface area contributed by atoms with Gasteiger partial charge in [-0.25, -0.2) is 4.98 Å². The number of hydrogen-bond acceptors (Lipinski definition) is 7. The Morgan fingerprint density at radius 3 is 2.53 bits per heavy atom. The van der Waals surface area contributed by atoms with E-state index in [9.17, 15) is 9.90 Å². The lowest BCUT2D eigenvalue weighted by Gasteiger charge is -2.36. The number of nitrogens with one attached hydrogen (secondary N) is 2. The quantitative estimate of drug-likeness (QED) is 0.222. The van der Waals surface area contributed by atoms with Crippen molar-refractivity contribution < 1.29 is 9.90 Å². The minimum Gasteiger partial charge on any atom is -0.481 e. The van der Waals surface area contributed by atoms with Crippen LogP contribution in [0.2, 0.25) is 0 Å². The highest BCUT2D eigenvalue weighted by molar-refractivity contribution is 5.70. The Balaban J connectivity index is 1.30. The monoisotopic (exact) mass is 613 g/mol. The maximum atomic E-state index is 11.6. The van der Waals surface area contributed by atoms with E-state index in [0.717, 1.165) is 76.0 Å². The first-order chi connectivity index (χ1) is 21.9. The molecule has 3 N–H and O–H groups in total. The van der Waals surface area contributed by atoms with Gasteiger partial charge in [0.1, 0.15) is 5.82 Å². The van der Waals surface area contributed by atoms with Crippen molar-refractivity contribution >= 4 is 17.7 Å². The van der Waals surface area contributed by atoms with Crippen molar-refractivity contribution in [2.45, 2.75) is 109 Å². The largest absolute Gasteiger partial charge is 0.481 e. The first kappa shape index (κ1) is 31.5. The van der Waals surface area contributed by atoms with Gasteiger partial charge in [-0.3, -0.25) is 14.4 Å². The smallest absolute Gasteiger partial charge is 0.306 e. The molecule has 0 unspecified atom stereocenters. The number of aromatic nitrogens is 4. The summed E-state index contributed by atoms with van der Waals surface area (Å²) in [5.74, 6) is 1.63. The summed E-state index contributed by atoms with van der Waals surface area (Å²) < 4.78 is 1.89. The van der Waals surface area contributed by atoms with Crippen molar-refractivity contribution in [3.05, 3.63) is 65.1 Å². The fourth-order valence-corrected chi connectivity index (χ4v) is 7.98. The molecule has 1 aliphatic heterocycles. The van der Waals surface area contributed by atoms with E-state index in [1.807, 2.05) is 17.9 Å². The van der Waals surface area contributed by atoms with E-state index in [1.165, 1.54) is 36.0 Å². The number of carbonyl (C=O) groups is 1. The third-order valence-electron chi connectivity index (χ3n) is 10.8. The Labute approximate surface area is 268 Å². The second-order valence-corrected chi connectivity index (χ2v) is 13.8. The minimum absolute atomic E-state index is 0.0523. The molecule has 2 fully saturated rings. The van der Waals surface area contributed by atoms with Gasteiger partial charge in [-0.1, -0.05) is 43.7 Å². The van der Waals surface area contributed by atoms with E-state index in [0.29, 0.717) is 23.8 Å². The number of benzene rings is 1. The SMILES string of the molecule is CC[C@@H](Nc1nc2c(c(N[C@@H](CN3CCCC[C@H]3C)c3cnn(C)c3)n1)C[C@H](c1ccccc1)CC2)C1CCC(C(=O)O)CC1. The van der Waals surface area contributed by atoms with Crippen molar-refractivity contribution in [3.63, 3.8) is 0 Å². The molecule has 0 amide bonds. The highest BCUT2D eigenvalue weighted by Gasteiger charge is 2.32. The van der Waals surface area contributed by atoms with Crippen molar-refractivity contribution in [2.24, 2.45) is 18.9 Å². The number of carboxylic acids is 1. The summed E-state index contributed by atoms with van der Waals surface area (Å²) in [5, 5.41) is 21.8. The molecule has 0 radical (unpaired) electrons. The summed E-state index contributed by atoms with van der Waals surface area (Å²) >= 11 is 0. The molecule has 3 heterocycles. The summed E-state index contributed by atoms with van der Waals surface area (Å²) in [4.78, 5) is 24.6. The first-order valence-corrected chi connectivity index (χ1v) is 17.3. The second kappa shape index (κ2) is 14.3. The number of rotatable bonds is 11. The number of piperidine rings is 1. The van der Waals surface area contributed by atoms with Crippen molar-refractivity contribution in [2.75, 3.05) is 23.7 Å². The summed E-state index contributed by atoms with van der Waals surface area (Å²) in [5.41, 5.74) is 4.93. The van der Waals surface area contributed by atoms with Crippen LogP contribution in [0.3, 0.4) is 0 Å². The van der Waals surface area contributed by atoms with Crippen LogP contribution in [0.15, 0.2) is 42.7 Å². The Morgan fingerprint density at radius 2 is 1.84 bits per heavy atom. The van der Waals surface area contributed by atoms with Gasteiger partial charge in [0.25, 0.3) is 0 Å². The molecule has 6 rings (SSSR count). The lowest BCUT2D eigenvalue weighted by Crippen LogP contribution is -2.41. The number of likely N-dealkylation sites (tertiary alicyclic amines) is 1. The van der Waals surface area contributed by atoms with Crippen LogP contribution in [0.1, 0.15) is 106 Å². The highest BCUT2D eigenvalue weighted by atomic mass is 16.4. The third-order valence-corrected chi connectivity index (χ3v) is 10.8. The number of anilines is 2. The summed E-state index contributed by atoms with van der Waals surface area (Å²) in [7, 11) is 1.98. The molecule has 0 bridgehead atoms. The molecule has 3 aromatic rings. The van der Waals surface area contributed by atoms with Gasteiger partial charge >= 0.3 is 5.97 Å². The maximum Gasteiger partial charge on any atom is 0.306 e. The van der Waals surface area contributed by atoms with Crippen LogP contribution >= 0.6 is 0 Å². The zero-order valence-electron chi connectivity index (χ0n) is 27.3. The number of aliphatic carboxylic acids is 1. The lowest BCUT2D eigenvalue weighted by atomic mass is 9.78. The van der Waals surface area contributed by atoms with E-state index in [4.69, 9.17) is 9.97 Å². The first-order valence-electron chi connectivity index (χ1n) is 17.3. The lowest BCUT2D eigenvalue weighted by molar-refractivity contribution is -0.143. The van der Waals surface area contributed by atoms with Crippen LogP contribution in [0, 0.1) is 11.8 Å². The van der Waals surface area contributed by atoms with Gasteiger partial charge < -0.3 is 15.7 Å². The zero-order chi connectivity index (χ0) is 31.3. The average molecular weight is 614 g/mol. The van der Waals surface area contributed by atoms with Crippen LogP contribution in [0.5, 0.6) is 0 Å². The molecule has 4 atom stereocenters. The number of hydrogen-bond donors (Lipinski definition) is 3. The van der Waals surface area contributed by atoms with Crippen LogP contribution < -0.4 is 10.6 Å². The Hall–Kier alpha value is -3.46. The van der Waals surface area contributed by atoms with Crippen molar-refractivity contribution in [3.8, 4) is 0 Å². The summed E-state index contributed by atoms with van der Waals surface area (Å²) in [6.07, 6.45) is 15.1. The fraction of sp³-hybridized carbons (Fsp3) is 0.611. The molecular weight excluding hydrogens is 562 g/mol. The molecule has 9 heteroatoms. The molecule has 1 saturated carbocycles. The number of fused-ring (bicyclic) bond motifs is 1. The predicted molar refractivity (Wildman–Crippen MR) is 178 cm³/mol. The standard InChI is InChI=1S/C36H51N7O2/c1-4-31(26-13-15-27(16-14-26)35(44)45)39-36-40-32-18-17-28(25-11-6-5-7-12-25)20-30(32)34(41-36)38-33(29-21-37-42(3)22-29)23-43-19-9-8-10-24(43)2/h5-7,11-12,21-22,24,26-28,31,33H,4,8-10,13-20,23H2,1-3H3,(H,44,45)(H2,38,39,40,41)/t24-,26?,27?,28-,31-,33+/m1/s1. The van der Waals surface area contributed by atoms with E-state index in [-0.39, 0.29) is 18.0 Å². The third kappa shape index (κ3) is 7.51. The van der Waals surface area contributed by atoms with Crippen molar-refractivity contribution in [1.29, 1.82) is 0 Å². The fourth-order valence-electron chi connectivity index (χ4n) is 7.98. The number of carboxylic acid groups (broad SMARTS) is 1. The summed E-state index contributed by atoms with van der Waals surface area (Å²) in [6, 6.07) is 11.7. The van der Waals surface area contributed by atoms with Crippen molar-refractivity contribution in [1.82, 2.24) is 24.6 Å². The van der Waals surface area contributed by atoms with Gasteiger partial charge in [0.2, 0.25) is 5.95 Å². The minimum atomic E-state index is -0.654. The molecule has 1 saturated heterocycles. The molecule has 1 aromatic carbocycles. The topological polar surface area (TPSA) is 108 Å². The second-order valence-electron chi connectivity index (χ2n) is 13.8. The van der Waals surface area contributed by atoms with E-state index >= 15 is 0 Å². The molecule has 242 valence electrons. The van der Waals surface area contributed by atoms with E-state index < -0.39 is 5.97 Å². The molecule has 9 nitrogen and oxygen atoms in total. The van der Waals surface area contributed by atoms with Gasteiger partial charge in [0.15, 0.2) is 0 Å². The normalized spacial score (nSPS) is 25.2. The van der Waals surface area contributed by atoms with Gasteiger partial charge in [-0.15, -0.1) is 0 Å². The van der Waals surface area contributed by atoms with Gasteiger partial charge in [0, 0.05) is 43.0 Å². The highest BCUT2D eigenvalue weighted by Crippen LogP contribution is 2.38. The molecule has 3 aliphatic rings. The van der Waals surface area contributed by atoms with Crippen LogP contribution in [-0.4, -0.2) is 60.9 Å². The average Bonchev–Trinajstić information content (AvgIpc) is 3.50. The van der Waals surface area contributed by atoms with Crippen LogP contribution in [-0.2, 0) is 24.7 Å².